The summed E-state index contributed by atoms with van der Waals surface area (Å²) in [5, 5.41) is 0. The lowest BCUT2D eigenvalue weighted by molar-refractivity contribution is -0.144. The molecule has 0 aromatic carbocycles. The monoisotopic (exact) mass is 154 g/mol. The van der Waals surface area contributed by atoms with Crippen LogP contribution in [0.25, 0.3) is 0 Å². The van der Waals surface area contributed by atoms with E-state index in [1.807, 2.05) is 0 Å². The van der Waals surface area contributed by atoms with E-state index in [1.165, 1.54) is 13.0 Å². The van der Waals surface area contributed by atoms with E-state index in [0.717, 1.165) is 5.57 Å². The molecular formula is C8H10O3. The predicted octanol–water partition coefficient (Wildman–Crippen LogP) is 0.837. The van der Waals surface area contributed by atoms with Gasteiger partial charge in [-0.2, -0.15) is 0 Å². The highest BCUT2D eigenvalue weighted by Gasteiger charge is 2.23. The number of hydrogen-bond acceptors (Lipinski definition) is 3. The minimum atomic E-state index is -0.336. The van der Waals surface area contributed by atoms with Crippen LogP contribution in [0.1, 0.15) is 20.3 Å². The molecular weight excluding hydrogens is 144 g/mol. The topological polar surface area (TPSA) is 43.4 Å². The van der Waals surface area contributed by atoms with E-state index < -0.39 is 0 Å². The summed E-state index contributed by atoms with van der Waals surface area (Å²) < 4.78 is 4.87. The van der Waals surface area contributed by atoms with Crippen molar-refractivity contribution in [1.82, 2.24) is 0 Å². The second-order valence-electron chi connectivity index (χ2n) is 2.66. The fourth-order valence-corrected chi connectivity index (χ4v) is 1.08. The molecule has 0 bridgehead atoms. The molecule has 0 fully saturated rings. The normalized spacial score (nSPS) is 23.3. The molecule has 0 saturated carbocycles. The Morgan fingerprint density at radius 2 is 2.36 bits per heavy atom. The van der Waals surface area contributed by atoms with Crippen LogP contribution >= 0.6 is 0 Å². The van der Waals surface area contributed by atoms with Gasteiger partial charge in [0.05, 0.1) is 6.42 Å². The van der Waals surface area contributed by atoms with Crippen molar-refractivity contribution in [1.29, 1.82) is 0 Å². The Labute approximate surface area is 65.0 Å². The maximum absolute atomic E-state index is 10.8. The smallest absolute Gasteiger partial charge is 0.303 e. The first-order valence-corrected chi connectivity index (χ1v) is 3.48. The van der Waals surface area contributed by atoms with Crippen LogP contribution in [0.3, 0.4) is 0 Å². The van der Waals surface area contributed by atoms with Crippen molar-refractivity contribution in [3.8, 4) is 0 Å². The Kier molecular flexibility index (Phi) is 2.08. The molecule has 0 saturated heterocycles. The average molecular weight is 154 g/mol. The number of ether oxygens (including phenoxy) is 1. The van der Waals surface area contributed by atoms with Crippen molar-refractivity contribution in [2.75, 3.05) is 0 Å². The molecule has 0 amide bonds. The largest absolute Gasteiger partial charge is 0.458 e. The Balaban J connectivity index is 2.57. The fourth-order valence-electron chi connectivity index (χ4n) is 1.08. The van der Waals surface area contributed by atoms with Gasteiger partial charge in [-0.1, -0.05) is 0 Å². The molecule has 3 heteroatoms. The first kappa shape index (κ1) is 7.98. The number of rotatable bonds is 1. The molecule has 0 spiro atoms. The first-order valence-electron chi connectivity index (χ1n) is 3.48. The number of ketones is 1. The Morgan fingerprint density at radius 1 is 1.73 bits per heavy atom. The number of esters is 1. The van der Waals surface area contributed by atoms with Gasteiger partial charge in [-0.3, -0.25) is 9.59 Å². The highest BCUT2D eigenvalue weighted by atomic mass is 16.5. The van der Waals surface area contributed by atoms with Gasteiger partial charge in [0.15, 0.2) is 5.78 Å². The highest BCUT2D eigenvalue weighted by Crippen LogP contribution is 2.18. The molecule has 0 aromatic heterocycles. The Hall–Kier alpha value is -1.12. The summed E-state index contributed by atoms with van der Waals surface area (Å²) in [4.78, 5) is 21.3. The van der Waals surface area contributed by atoms with Gasteiger partial charge < -0.3 is 4.74 Å². The second kappa shape index (κ2) is 2.86. The number of carbonyl (C=O) groups is 2. The lowest BCUT2D eigenvalue weighted by atomic mass is 10.2. The molecule has 1 atom stereocenters. The third-order valence-electron chi connectivity index (χ3n) is 1.59. The Morgan fingerprint density at radius 3 is 2.73 bits per heavy atom. The minimum Gasteiger partial charge on any atom is -0.458 e. The molecule has 0 radical (unpaired) electrons. The SMILES string of the molecule is CC(=O)O[C@H]1CC(=O)C=C1C. The molecule has 1 rings (SSSR count). The van der Waals surface area contributed by atoms with Crippen LogP contribution in [0.2, 0.25) is 0 Å². The lowest BCUT2D eigenvalue weighted by Crippen LogP contribution is -2.15. The van der Waals surface area contributed by atoms with E-state index in [-0.39, 0.29) is 17.9 Å². The number of carbonyl (C=O) groups excluding carboxylic acids is 2. The zero-order valence-corrected chi connectivity index (χ0v) is 6.59. The van der Waals surface area contributed by atoms with Crippen molar-refractivity contribution in [2.45, 2.75) is 26.4 Å². The summed E-state index contributed by atoms with van der Waals surface area (Å²) >= 11 is 0. The quantitative estimate of drug-likeness (QED) is 0.525. The molecule has 11 heavy (non-hydrogen) atoms. The van der Waals surface area contributed by atoms with Crippen LogP contribution in [0.5, 0.6) is 0 Å². The highest BCUT2D eigenvalue weighted by molar-refractivity contribution is 5.94. The van der Waals surface area contributed by atoms with Crippen LogP contribution in [-0.2, 0) is 14.3 Å². The van der Waals surface area contributed by atoms with Gasteiger partial charge in [-0.05, 0) is 18.6 Å². The van der Waals surface area contributed by atoms with Crippen molar-refractivity contribution < 1.29 is 14.3 Å². The zero-order valence-electron chi connectivity index (χ0n) is 6.59. The molecule has 0 heterocycles. The van der Waals surface area contributed by atoms with E-state index in [2.05, 4.69) is 0 Å². The Bertz CT molecular complexity index is 227. The summed E-state index contributed by atoms with van der Waals surface area (Å²) in [5.74, 6) is -0.300. The lowest BCUT2D eigenvalue weighted by Gasteiger charge is -2.09. The van der Waals surface area contributed by atoms with Gasteiger partial charge in [0.2, 0.25) is 0 Å². The number of hydrogen-bond donors (Lipinski definition) is 0. The maximum atomic E-state index is 10.8. The van der Waals surface area contributed by atoms with Crippen molar-refractivity contribution in [3.63, 3.8) is 0 Å². The maximum Gasteiger partial charge on any atom is 0.303 e. The van der Waals surface area contributed by atoms with Crippen LogP contribution in [-0.4, -0.2) is 17.9 Å². The van der Waals surface area contributed by atoms with Crippen molar-refractivity contribution in [2.24, 2.45) is 0 Å². The van der Waals surface area contributed by atoms with Crippen molar-refractivity contribution in [3.05, 3.63) is 11.6 Å². The predicted molar refractivity (Wildman–Crippen MR) is 38.9 cm³/mol. The van der Waals surface area contributed by atoms with Crippen LogP contribution in [0, 0.1) is 0 Å². The van der Waals surface area contributed by atoms with Gasteiger partial charge in [0.25, 0.3) is 0 Å². The van der Waals surface area contributed by atoms with Gasteiger partial charge in [-0.15, -0.1) is 0 Å². The van der Waals surface area contributed by atoms with Gasteiger partial charge >= 0.3 is 5.97 Å². The van der Waals surface area contributed by atoms with Gasteiger partial charge in [0, 0.05) is 6.92 Å². The minimum absolute atomic E-state index is 0.0359. The van der Waals surface area contributed by atoms with Crippen LogP contribution in [0.15, 0.2) is 11.6 Å². The molecule has 3 nitrogen and oxygen atoms in total. The molecule has 0 aromatic rings. The third-order valence-corrected chi connectivity index (χ3v) is 1.59. The molecule has 1 aliphatic rings. The van der Waals surface area contributed by atoms with Gasteiger partial charge in [-0.25, -0.2) is 0 Å². The number of allylic oxidation sites excluding steroid dienone is 1. The molecule has 1 aliphatic carbocycles. The first-order chi connectivity index (χ1) is 5.09. The summed E-state index contributed by atoms with van der Waals surface area (Å²) in [6.45, 7) is 3.13. The van der Waals surface area contributed by atoms with Crippen molar-refractivity contribution >= 4 is 11.8 Å². The standard InChI is InChI=1S/C8H10O3/c1-5-3-7(10)4-8(5)11-6(2)9/h3,8H,4H2,1-2H3/t8-/m0/s1. The summed E-state index contributed by atoms with van der Waals surface area (Å²) in [6.07, 6.45) is 1.53. The van der Waals surface area contributed by atoms with Crippen LogP contribution in [0.4, 0.5) is 0 Å². The molecule has 0 N–H and O–H groups in total. The summed E-state index contributed by atoms with van der Waals surface area (Å²) in [6, 6.07) is 0. The molecule has 0 unspecified atom stereocenters. The van der Waals surface area contributed by atoms with E-state index >= 15 is 0 Å². The molecule has 0 aliphatic heterocycles. The van der Waals surface area contributed by atoms with Gasteiger partial charge in [0.1, 0.15) is 6.10 Å². The summed E-state index contributed by atoms with van der Waals surface area (Å²) in [7, 11) is 0. The van der Waals surface area contributed by atoms with E-state index in [0.29, 0.717) is 6.42 Å². The second-order valence-corrected chi connectivity index (χ2v) is 2.66. The van der Waals surface area contributed by atoms with E-state index in [9.17, 15) is 9.59 Å². The zero-order chi connectivity index (χ0) is 8.43. The van der Waals surface area contributed by atoms with Crippen LogP contribution < -0.4 is 0 Å². The average Bonchev–Trinajstić information content (AvgIpc) is 2.09. The fraction of sp³-hybridized carbons (Fsp3) is 0.500. The third kappa shape index (κ3) is 1.90. The van der Waals surface area contributed by atoms with E-state index in [1.54, 1.807) is 6.92 Å². The summed E-state index contributed by atoms with van der Waals surface area (Å²) in [5.41, 5.74) is 0.838. The molecule has 60 valence electrons. The van der Waals surface area contributed by atoms with E-state index in [4.69, 9.17) is 4.74 Å².